The highest BCUT2D eigenvalue weighted by atomic mass is 32.2. The van der Waals surface area contributed by atoms with E-state index in [1.807, 2.05) is 20.8 Å². The summed E-state index contributed by atoms with van der Waals surface area (Å²) in [6.45, 7) is 5.35. The van der Waals surface area contributed by atoms with Gasteiger partial charge >= 0.3 is 0 Å². The topological polar surface area (TPSA) is 66.4 Å². The molecule has 0 bridgehead atoms. The highest BCUT2D eigenvalue weighted by Crippen LogP contribution is 2.20. The summed E-state index contributed by atoms with van der Waals surface area (Å²) in [5.41, 5.74) is -0.0493. The first kappa shape index (κ1) is 17.5. The van der Waals surface area contributed by atoms with Crippen LogP contribution in [0.5, 0.6) is 0 Å². The van der Waals surface area contributed by atoms with Crippen LogP contribution in [0.1, 0.15) is 32.8 Å². The SMILES string of the molecule is CC(C)(C)CS(=O)(=O)Nc1ccc(C#CCCO)c(F)c1. The normalized spacial score (nSPS) is 11.7. The minimum atomic E-state index is -3.53. The van der Waals surface area contributed by atoms with Crippen molar-refractivity contribution in [3.63, 3.8) is 0 Å². The molecule has 0 amide bonds. The summed E-state index contributed by atoms with van der Waals surface area (Å²) in [4.78, 5) is 0. The van der Waals surface area contributed by atoms with Crippen molar-refractivity contribution in [2.75, 3.05) is 17.1 Å². The molecule has 4 nitrogen and oxygen atoms in total. The standard InChI is InChI=1S/C15H20FNO3S/c1-15(2,3)11-21(19,20)17-13-8-7-12(14(16)10-13)6-4-5-9-18/h7-8,10,17-18H,5,9,11H2,1-3H3. The van der Waals surface area contributed by atoms with Crippen molar-refractivity contribution in [1.82, 2.24) is 0 Å². The molecular formula is C15H20FNO3S. The highest BCUT2D eigenvalue weighted by molar-refractivity contribution is 7.92. The van der Waals surface area contributed by atoms with Crippen molar-refractivity contribution in [2.24, 2.45) is 5.41 Å². The maximum Gasteiger partial charge on any atom is 0.233 e. The van der Waals surface area contributed by atoms with Crippen molar-refractivity contribution in [1.29, 1.82) is 0 Å². The number of aliphatic hydroxyl groups excluding tert-OH is 1. The molecule has 0 aromatic heterocycles. The van der Waals surface area contributed by atoms with E-state index < -0.39 is 15.8 Å². The Morgan fingerprint density at radius 2 is 2.00 bits per heavy atom. The predicted octanol–water partition coefficient (Wildman–Crippen LogP) is 2.35. The van der Waals surface area contributed by atoms with E-state index in [-0.39, 0.29) is 35.4 Å². The van der Waals surface area contributed by atoms with Gasteiger partial charge in [-0.15, -0.1) is 0 Å². The largest absolute Gasteiger partial charge is 0.395 e. The second-order valence-corrected chi connectivity index (χ2v) is 7.61. The van der Waals surface area contributed by atoms with E-state index in [1.165, 1.54) is 12.1 Å². The number of rotatable bonds is 4. The van der Waals surface area contributed by atoms with Crippen LogP contribution in [0.4, 0.5) is 10.1 Å². The number of nitrogens with one attached hydrogen (secondary N) is 1. The number of aliphatic hydroxyl groups is 1. The van der Waals surface area contributed by atoms with Crippen LogP contribution in [0.15, 0.2) is 18.2 Å². The second-order valence-electron chi connectivity index (χ2n) is 5.89. The Balaban J connectivity index is 2.88. The Bertz CT molecular complexity index is 652. The van der Waals surface area contributed by atoms with Gasteiger partial charge in [0.2, 0.25) is 10.0 Å². The van der Waals surface area contributed by atoms with Gasteiger partial charge in [-0.3, -0.25) is 4.72 Å². The van der Waals surface area contributed by atoms with E-state index in [4.69, 9.17) is 5.11 Å². The van der Waals surface area contributed by atoms with Crippen molar-refractivity contribution >= 4 is 15.7 Å². The summed E-state index contributed by atoms with van der Waals surface area (Å²) >= 11 is 0. The fraction of sp³-hybridized carbons (Fsp3) is 0.467. The smallest absolute Gasteiger partial charge is 0.233 e. The Labute approximate surface area is 125 Å². The fourth-order valence-electron chi connectivity index (χ4n) is 1.68. The maximum absolute atomic E-state index is 13.8. The van der Waals surface area contributed by atoms with Gasteiger partial charge in [-0.05, 0) is 23.6 Å². The highest BCUT2D eigenvalue weighted by Gasteiger charge is 2.21. The van der Waals surface area contributed by atoms with Gasteiger partial charge in [0.15, 0.2) is 0 Å². The molecule has 0 aliphatic carbocycles. The third-order valence-electron chi connectivity index (χ3n) is 2.33. The van der Waals surface area contributed by atoms with Crippen molar-refractivity contribution in [3.8, 4) is 11.8 Å². The first-order valence-electron chi connectivity index (χ1n) is 6.53. The fourth-order valence-corrected chi connectivity index (χ4v) is 3.38. The average Bonchev–Trinajstić information content (AvgIpc) is 2.28. The predicted molar refractivity (Wildman–Crippen MR) is 81.8 cm³/mol. The molecule has 0 saturated carbocycles. The minimum Gasteiger partial charge on any atom is -0.395 e. The zero-order valence-corrected chi connectivity index (χ0v) is 13.2. The molecule has 1 rings (SSSR count). The molecule has 0 aliphatic heterocycles. The molecular weight excluding hydrogens is 293 g/mol. The van der Waals surface area contributed by atoms with E-state index in [1.54, 1.807) is 0 Å². The molecule has 21 heavy (non-hydrogen) atoms. The van der Waals surface area contributed by atoms with E-state index in [9.17, 15) is 12.8 Å². The monoisotopic (exact) mass is 313 g/mol. The van der Waals surface area contributed by atoms with E-state index in [0.29, 0.717) is 0 Å². The number of hydrogen-bond acceptors (Lipinski definition) is 3. The summed E-state index contributed by atoms with van der Waals surface area (Å²) in [5, 5.41) is 8.61. The van der Waals surface area contributed by atoms with Crippen molar-refractivity contribution < 1.29 is 17.9 Å². The Hall–Kier alpha value is -1.58. The Morgan fingerprint density at radius 1 is 1.33 bits per heavy atom. The van der Waals surface area contributed by atoms with Crippen LogP contribution < -0.4 is 4.72 Å². The summed E-state index contributed by atoms with van der Waals surface area (Å²) in [7, 11) is -3.53. The summed E-state index contributed by atoms with van der Waals surface area (Å²) in [6.07, 6.45) is 0.263. The van der Waals surface area contributed by atoms with Crippen LogP contribution >= 0.6 is 0 Å². The van der Waals surface area contributed by atoms with Crippen molar-refractivity contribution in [3.05, 3.63) is 29.6 Å². The molecule has 0 spiro atoms. The van der Waals surface area contributed by atoms with Crippen molar-refractivity contribution in [2.45, 2.75) is 27.2 Å². The lowest BCUT2D eigenvalue weighted by Crippen LogP contribution is -2.26. The third-order valence-corrected chi connectivity index (χ3v) is 4.12. The average molecular weight is 313 g/mol. The van der Waals surface area contributed by atoms with Gasteiger partial charge in [-0.1, -0.05) is 32.6 Å². The number of benzene rings is 1. The van der Waals surface area contributed by atoms with Gasteiger partial charge < -0.3 is 5.11 Å². The first-order valence-corrected chi connectivity index (χ1v) is 8.18. The summed E-state index contributed by atoms with van der Waals surface area (Å²) in [6, 6.07) is 3.98. The molecule has 0 radical (unpaired) electrons. The zero-order chi connectivity index (χ0) is 16.1. The van der Waals surface area contributed by atoms with Crippen LogP contribution in [-0.4, -0.2) is 25.9 Å². The molecule has 0 atom stereocenters. The molecule has 2 N–H and O–H groups in total. The summed E-state index contributed by atoms with van der Waals surface area (Å²) in [5.74, 6) is 4.54. The van der Waals surface area contributed by atoms with Crippen LogP contribution in [0.2, 0.25) is 0 Å². The van der Waals surface area contributed by atoms with Crippen LogP contribution in [0.3, 0.4) is 0 Å². The number of halogens is 1. The molecule has 6 heteroatoms. The second kappa shape index (κ2) is 6.92. The van der Waals surface area contributed by atoms with E-state index in [2.05, 4.69) is 16.6 Å². The molecule has 1 aromatic rings. The molecule has 0 saturated heterocycles. The van der Waals surface area contributed by atoms with Crippen LogP contribution in [-0.2, 0) is 10.0 Å². The van der Waals surface area contributed by atoms with E-state index >= 15 is 0 Å². The lowest BCUT2D eigenvalue weighted by molar-refractivity contribution is 0.305. The number of sulfonamides is 1. The van der Waals surface area contributed by atoms with Gasteiger partial charge in [-0.25, -0.2) is 12.8 Å². The third kappa shape index (κ3) is 6.61. The molecule has 0 aliphatic rings. The van der Waals surface area contributed by atoms with Gasteiger partial charge in [0.05, 0.1) is 23.6 Å². The summed E-state index contributed by atoms with van der Waals surface area (Å²) < 4.78 is 40.0. The molecule has 0 fully saturated rings. The Kier molecular flexibility index (Phi) is 5.76. The van der Waals surface area contributed by atoms with Gasteiger partial charge in [-0.2, -0.15) is 0 Å². The maximum atomic E-state index is 13.8. The van der Waals surface area contributed by atoms with Crippen LogP contribution in [0, 0.1) is 23.1 Å². The molecule has 0 unspecified atom stereocenters. The number of hydrogen-bond donors (Lipinski definition) is 2. The zero-order valence-electron chi connectivity index (χ0n) is 12.4. The van der Waals surface area contributed by atoms with Gasteiger partial charge in [0.25, 0.3) is 0 Å². The first-order chi connectivity index (χ1) is 9.63. The Morgan fingerprint density at radius 3 is 2.52 bits per heavy atom. The molecule has 116 valence electrons. The van der Waals surface area contributed by atoms with Gasteiger partial charge in [0, 0.05) is 6.42 Å². The molecule has 1 aromatic carbocycles. The lowest BCUT2D eigenvalue weighted by atomic mass is 10.0. The minimum absolute atomic E-state index is 0.0559. The molecule has 0 heterocycles. The quantitative estimate of drug-likeness (QED) is 0.839. The van der Waals surface area contributed by atoms with E-state index in [0.717, 1.165) is 6.07 Å². The number of anilines is 1. The lowest BCUT2D eigenvalue weighted by Gasteiger charge is -2.18. The van der Waals surface area contributed by atoms with Gasteiger partial charge in [0.1, 0.15) is 5.82 Å². The van der Waals surface area contributed by atoms with Crippen LogP contribution in [0.25, 0.3) is 0 Å².